The number of rotatable bonds is 3. The molecular weight excluding hydrogens is 456 g/mol. The van der Waals surface area contributed by atoms with Gasteiger partial charge in [0.1, 0.15) is 0 Å². The van der Waals surface area contributed by atoms with E-state index in [1.807, 2.05) is 0 Å². The number of hydrogen-bond donors (Lipinski definition) is 0. The Labute approximate surface area is 191 Å². The van der Waals surface area contributed by atoms with Gasteiger partial charge in [-0.05, 0) is 0 Å². The summed E-state index contributed by atoms with van der Waals surface area (Å²) in [4.78, 5) is 0. The van der Waals surface area contributed by atoms with Gasteiger partial charge in [0, 0.05) is 0 Å². The molecule has 0 spiro atoms. The third kappa shape index (κ3) is 3.35. The van der Waals surface area contributed by atoms with Crippen molar-refractivity contribution < 1.29 is 20.4 Å². The molecular formula is C28H34SiZr. The molecule has 1 unspecified atom stereocenters. The van der Waals surface area contributed by atoms with E-state index in [1.54, 1.807) is 44.6 Å². The molecule has 154 valence electrons. The van der Waals surface area contributed by atoms with Crippen molar-refractivity contribution in [3.63, 3.8) is 0 Å². The van der Waals surface area contributed by atoms with Crippen LogP contribution in [0.3, 0.4) is 0 Å². The topological polar surface area (TPSA) is 0 Å². The molecule has 2 aliphatic carbocycles. The summed E-state index contributed by atoms with van der Waals surface area (Å²) in [6.07, 6.45) is 0. The molecule has 0 fully saturated rings. The predicted molar refractivity (Wildman–Crippen MR) is 131 cm³/mol. The van der Waals surface area contributed by atoms with Crippen molar-refractivity contribution in [1.29, 1.82) is 0 Å². The van der Waals surface area contributed by atoms with Crippen LogP contribution in [0.1, 0.15) is 56.3 Å². The summed E-state index contributed by atoms with van der Waals surface area (Å²) in [7, 11) is 0. The Balaban J connectivity index is 1.94. The van der Waals surface area contributed by atoms with E-state index >= 15 is 0 Å². The molecule has 0 saturated carbocycles. The van der Waals surface area contributed by atoms with Crippen molar-refractivity contribution in [1.82, 2.24) is 0 Å². The molecule has 0 amide bonds. The second-order valence-electron chi connectivity index (χ2n) is 9.38. The summed E-state index contributed by atoms with van der Waals surface area (Å²) in [6.45, 7) is 19.7. The molecule has 4 rings (SSSR count). The summed E-state index contributed by atoms with van der Waals surface area (Å²) in [5.74, 6) is 0. The summed E-state index contributed by atoms with van der Waals surface area (Å²) in [5, 5.41) is 0. The Kier molecular flexibility index (Phi) is 6.12. The maximum absolute atomic E-state index is 2.62. The van der Waals surface area contributed by atoms with E-state index in [2.05, 4.69) is 103 Å². The van der Waals surface area contributed by atoms with E-state index in [1.165, 1.54) is 11.1 Å². The van der Waals surface area contributed by atoms with E-state index < -0.39 is 20.4 Å². The zero-order valence-corrected chi connectivity index (χ0v) is 23.2. The molecule has 0 radical (unpaired) electrons. The van der Waals surface area contributed by atoms with Gasteiger partial charge in [0.05, 0.1) is 0 Å². The van der Waals surface area contributed by atoms with E-state index in [0.29, 0.717) is 0 Å². The third-order valence-corrected chi connectivity index (χ3v) is 27.8. The number of fused-ring (bicyclic) bond motifs is 1. The van der Waals surface area contributed by atoms with Gasteiger partial charge >= 0.3 is 192 Å². The van der Waals surface area contributed by atoms with Crippen LogP contribution >= 0.6 is 0 Å². The van der Waals surface area contributed by atoms with Crippen LogP contribution in [0.2, 0.25) is 16.7 Å². The van der Waals surface area contributed by atoms with Gasteiger partial charge in [0.25, 0.3) is 0 Å². The molecule has 2 aromatic rings. The minimum atomic E-state index is -1.88. The average Bonchev–Trinajstić information content (AvgIpc) is 3.10. The molecule has 0 aliphatic heterocycles. The second-order valence-corrected chi connectivity index (χ2v) is 27.2. The van der Waals surface area contributed by atoms with Gasteiger partial charge in [-0.2, -0.15) is 0 Å². The average molecular weight is 490 g/mol. The molecule has 2 heteroatoms. The molecule has 1 atom stereocenters. The van der Waals surface area contributed by atoms with Crippen LogP contribution in [0.25, 0.3) is 16.7 Å². The molecule has 30 heavy (non-hydrogen) atoms. The minimum absolute atomic E-state index is 0.330. The molecule has 0 saturated heterocycles. The first-order chi connectivity index (χ1) is 14.3. The zero-order chi connectivity index (χ0) is 21.7. The van der Waals surface area contributed by atoms with Gasteiger partial charge in [-0.15, -0.1) is 0 Å². The van der Waals surface area contributed by atoms with Crippen molar-refractivity contribution in [3.05, 3.63) is 87.5 Å². The normalized spacial score (nSPS) is 19.1. The van der Waals surface area contributed by atoms with Crippen molar-refractivity contribution in [2.24, 2.45) is 0 Å². The summed E-state index contributed by atoms with van der Waals surface area (Å²) >= 11 is -1.88. The Morgan fingerprint density at radius 3 is 1.77 bits per heavy atom. The maximum atomic E-state index is 2.62. The monoisotopic (exact) mass is 488 g/mol. The van der Waals surface area contributed by atoms with E-state index in [9.17, 15) is 0 Å². The predicted octanol–water partition coefficient (Wildman–Crippen LogP) is 8.55. The van der Waals surface area contributed by atoms with Gasteiger partial charge in [0.2, 0.25) is 0 Å². The van der Waals surface area contributed by atoms with Gasteiger partial charge in [-0.25, -0.2) is 0 Å². The first kappa shape index (κ1) is 22.0. The molecule has 2 aromatic carbocycles. The fraction of sp³-hybridized carbons (Fsp3) is 0.357. The van der Waals surface area contributed by atoms with Crippen LogP contribution in [-0.4, -0.2) is 5.43 Å². The van der Waals surface area contributed by atoms with Crippen molar-refractivity contribution in [3.8, 4) is 11.1 Å². The summed E-state index contributed by atoms with van der Waals surface area (Å²) < 4.78 is 1.51. The SMILES string of the molecule is CC1=C(C)[CH]([Zr]([CH]2C(C)=C(C)c3c(-c4ccccc4)cccc32)=[Si](C)C)C(C)=C1C. The number of hydrogen-bond acceptors (Lipinski definition) is 0. The Hall–Kier alpha value is -1.24. The standard InChI is InChI=1S/C17H15.C9H13.C2H6Si.Zr/c1-12-11-15-9-6-10-16(17(15)13(12)2)14-7-4-3-5-8-14;1-6-5-7(2)9(4)8(6)3;1-3-2;/h3-11H,1-2H3;5H,1-4H3;1-2H3;. The van der Waals surface area contributed by atoms with Gasteiger partial charge in [0.15, 0.2) is 0 Å². The molecule has 0 N–H and O–H groups in total. The van der Waals surface area contributed by atoms with Crippen molar-refractivity contribution in [2.75, 3.05) is 0 Å². The van der Waals surface area contributed by atoms with E-state index in [-0.39, 0.29) is 5.43 Å². The van der Waals surface area contributed by atoms with Crippen molar-refractivity contribution in [2.45, 2.75) is 61.9 Å². The molecule has 2 aliphatic rings. The van der Waals surface area contributed by atoms with Crippen molar-refractivity contribution >= 4 is 11.0 Å². The van der Waals surface area contributed by atoms with Crippen LogP contribution in [0.4, 0.5) is 0 Å². The quantitative estimate of drug-likeness (QED) is 0.379. The van der Waals surface area contributed by atoms with Crippen LogP contribution in [-0.2, 0) is 20.4 Å². The summed E-state index contributed by atoms with van der Waals surface area (Å²) in [6, 6.07) is 18.1. The fourth-order valence-electron chi connectivity index (χ4n) is 5.70. The Bertz CT molecular complexity index is 1130. The van der Waals surface area contributed by atoms with Crippen LogP contribution < -0.4 is 0 Å². The first-order valence-corrected chi connectivity index (χ1v) is 20.2. The Morgan fingerprint density at radius 1 is 0.633 bits per heavy atom. The number of allylic oxidation sites excluding steroid dienone is 6. The van der Waals surface area contributed by atoms with Gasteiger partial charge in [-0.1, -0.05) is 0 Å². The van der Waals surface area contributed by atoms with Crippen LogP contribution in [0.15, 0.2) is 76.4 Å². The second kappa shape index (κ2) is 8.36. The summed E-state index contributed by atoms with van der Waals surface area (Å²) in [5.41, 5.74) is 15.4. The molecule has 0 heterocycles. The molecule has 0 bridgehead atoms. The molecule has 0 nitrogen and oxygen atoms in total. The Morgan fingerprint density at radius 2 is 1.20 bits per heavy atom. The zero-order valence-electron chi connectivity index (χ0n) is 19.8. The van der Waals surface area contributed by atoms with E-state index in [0.717, 1.165) is 7.25 Å². The van der Waals surface area contributed by atoms with Gasteiger partial charge in [-0.3, -0.25) is 0 Å². The fourth-order valence-corrected chi connectivity index (χ4v) is 27.4. The number of benzene rings is 2. The van der Waals surface area contributed by atoms with E-state index in [4.69, 9.17) is 0 Å². The van der Waals surface area contributed by atoms with Gasteiger partial charge < -0.3 is 0 Å². The van der Waals surface area contributed by atoms with Crippen LogP contribution in [0, 0.1) is 0 Å². The molecule has 0 aromatic heterocycles. The third-order valence-electron chi connectivity index (χ3n) is 7.70. The van der Waals surface area contributed by atoms with Crippen LogP contribution in [0.5, 0.6) is 0 Å². The first-order valence-electron chi connectivity index (χ1n) is 11.1.